The molecule has 2 aromatic heterocycles. The van der Waals surface area contributed by atoms with Crippen molar-refractivity contribution in [2.75, 3.05) is 6.61 Å². The van der Waals surface area contributed by atoms with E-state index < -0.39 is 5.97 Å². The Balaban J connectivity index is 2.27. The van der Waals surface area contributed by atoms with Gasteiger partial charge in [-0.1, -0.05) is 16.8 Å². The quantitative estimate of drug-likeness (QED) is 0.786. The number of ether oxygens (including phenoxy) is 1. The number of hydrogen-bond donors (Lipinski definition) is 0. The summed E-state index contributed by atoms with van der Waals surface area (Å²) < 4.78 is 9.79. The van der Waals surface area contributed by atoms with Gasteiger partial charge in [0, 0.05) is 17.3 Å². The zero-order chi connectivity index (χ0) is 12.3. The summed E-state index contributed by atoms with van der Waals surface area (Å²) in [4.78, 5) is 15.4. The Morgan fingerprint density at radius 1 is 1.53 bits per heavy atom. The summed E-state index contributed by atoms with van der Waals surface area (Å²) in [6.45, 7) is 2.01. The van der Waals surface area contributed by atoms with Crippen molar-refractivity contribution in [3.63, 3.8) is 0 Å². The maximum Gasteiger partial charge on any atom is 0.360 e. The maximum absolute atomic E-state index is 11.4. The minimum absolute atomic E-state index is 0.114. The lowest BCUT2D eigenvalue weighted by Crippen LogP contribution is -2.04. The lowest BCUT2D eigenvalue weighted by Gasteiger charge is -1.95. The van der Waals surface area contributed by atoms with Crippen LogP contribution in [0.2, 0.25) is 5.02 Å². The van der Waals surface area contributed by atoms with Crippen molar-refractivity contribution in [1.29, 1.82) is 0 Å². The van der Waals surface area contributed by atoms with Crippen LogP contribution in [-0.4, -0.2) is 22.7 Å². The highest BCUT2D eigenvalue weighted by Gasteiger charge is 2.15. The fourth-order valence-corrected chi connectivity index (χ4v) is 1.40. The largest absolute Gasteiger partial charge is 0.461 e. The molecular formula is C11H9ClN2O3. The molecule has 17 heavy (non-hydrogen) atoms. The average molecular weight is 253 g/mol. The van der Waals surface area contributed by atoms with Crippen molar-refractivity contribution in [3.8, 4) is 11.5 Å². The van der Waals surface area contributed by atoms with E-state index in [2.05, 4.69) is 10.1 Å². The van der Waals surface area contributed by atoms with E-state index in [1.54, 1.807) is 25.3 Å². The molecule has 5 nitrogen and oxygen atoms in total. The van der Waals surface area contributed by atoms with Crippen molar-refractivity contribution in [1.82, 2.24) is 10.1 Å². The summed E-state index contributed by atoms with van der Waals surface area (Å²) in [5.41, 5.74) is 0.629. The molecule has 0 fully saturated rings. The van der Waals surface area contributed by atoms with Crippen LogP contribution < -0.4 is 0 Å². The Kier molecular flexibility index (Phi) is 3.39. The number of carbonyl (C=O) groups excluding carboxylic acids is 1. The third-order valence-corrected chi connectivity index (χ3v) is 2.20. The molecule has 2 aromatic rings. The van der Waals surface area contributed by atoms with E-state index in [9.17, 15) is 4.79 Å². The molecule has 0 atom stereocenters. The standard InChI is InChI=1S/C11H9ClN2O3/c1-2-16-11(15)9-6-10(17-14-9)8-5-7(12)3-4-13-8/h3-6H,2H2,1H3. The van der Waals surface area contributed by atoms with E-state index in [0.717, 1.165) is 0 Å². The first-order valence-electron chi connectivity index (χ1n) is 4.96. The Hall–Kier alpha value is -1.88. The first-order valence-corrected chi connectivity index (χ1v) is 5.34. The number of aromatic nitrogens is 2. The molecule has 0 spiro atoms. The van der Waals surface area contributed by atoms with Crippen LogP contribution in [0.25, 0.3) is 11.5 Å². The van der Waals surface area contributed by atoms with Gasteiger partial charge in [-0.05, 0) is 19.1 Å². The molecule has 0 amide bonds. The average Bonchev–Trinajstić information content (AvgIpc) is 2.78. The first kappa shape index (κ1) is 11.6. The van der Waals surface area contributed by atoms with Crippen molar-refractivity contribution >= 4 is 17.6 Å². The van der Waals surface area contributed by atoms with Crippen LogP contribution in [0.3, 0.4) is 0 Å². The number of halogens is 1. The zero-order valence-corrected chi connectivity index (χ0v) is 9.77. The molecule has 0 N–H and O–H groups in total. The Morgan fingerprint density at radius 3 is 3.06 bits per heavy atom. The maximum atomic E-state index is 11.4. The summed E-state index contributed by atoms with van der Waals surface area (Å²) in [6, 6.07) is 4.74. The SMILES string of the molecule is CCOC(=O)c1cc(-c2cc(Cl)ccn2)on1. The predicted octanol–water partition coefficient (Wildman–Crippen LogP) is 2.57. The van der Waals surface area contributed by atoms with Crippen LogP contribution >= 0.6 is 11.6 Å². The molecule has 0 unspecified atom stereocenters. The van der Waals surface area contributed by atoms with Crippen LogP contribution in [0.4, 0.5) is 0 Å². The predicted molar refractivity (Wildman–Crippen MR) is 60.7 cm³/mol. The smallest absolute Gasteiger partial charge is 0.360 e. The highest BCUT2D eigenvalue weighted by molar-refractivity contribution is 6.30. The lowest BCUT2D eigenvalue weighted by molar-refractivity contribution is 0.0514. The van der Waals surface area contributed by atoms with Gasteiger partial charge in [0.15, 0.2) is 11.5 Å². The molecule has 0 aliphatic heterocycles. The molecule has 2 heterocycles. The molecule has 0 bridgehead atoms. The van der Waals surface area contributed by atoms with E-state index in [4.69, 9.17) is 20.9 Å². The summed E-state index contributed by atoms with van der Waals surface area (Å²) in [6.07, 6.45) is 1.55. The van der Waals surface area contributed by atoms with E-state index >= 15 is 0 Å². The summed E-state index contributed by atoms with van der Waals surface area (Å²) in [5.74, 6) is -0.153. The van der Waals surface area contributed by atoms with Gasteiger partial charge in [0.25, 0.3) is 0 Å². The van der Waals surface area contributed by atoms with E-state index in [1.807, 2.05) is 0 Å². The number of nitrogens with zero attached hydrogens (tertiary/aromatic N) is 2. The molecule has 0 aliphatic rings. The minimum atomic E-state index is -0.524. The van der Waals surface area contributed by atoms with Crippen molar-refractivity contribution < 1.29 is 14.1 Å². The fraction of sp³-hybridized carbons (Fsp3) is 0.182. The highest BCUT2D eigenvalue weighted by Crippen LogP contribution is 2.21. The Labute approximate surface area is 102 Å². The van der Waals surface area contributed by atoms with Gasteiger partial charge >= 0.3 is 5.97 Å². The normalized spacial score (nSPS) is 10.2. The van der Waals surface area contributed by atoms with Crippen molar-refractivity contribution in [3.05, 3.63) is 35.1 Å². The summed E-state index contributed by atoms with van der Waals surface area (Å²) in [7, 11) is 0. The van der Waals surface area contributed by atoms with Gasteiger partial charge in [0.05, 0.1) is 6.61 Å². The molecule has 6 heteroatoms. The zero-order valence-electron chi connectivity index (χ0n) is 9.01. The lowest BCUT2D eigenvalue weighted by atomic mass is 10.2. The van der Waals surface area contributed by atoms with Crippen LogP contribution in [0.5, 0.6) is 0 Å². The topological polar surface area (TPSA) is 65.2 Å². The van der Waals surface area contributed by atoms with Crippen molar-refractivity contribution in [2.45, 2.75) is 6.92 Å². The number of hydrogen-bond acceptors (Lipinski definition) is 5. The van der Waals surface area contributed by atoms with Gasteiger partial charge < -0.3 is 9.26 Å². The third kappa shape index (κ3) is 2.62. The Morgan fingerprint density at radius 2 is 2.35 bits per heavy atom. The van der Waals surface area contributed by atoms with Gasteiger partial charge in [-0.25, -0.2) is 4.79 Å². The number of esters is 1. The van der Waals surface area contributed by atoms with Crippen LogP contribution in [0.1, 0.15) is 17.4 Å². The van der Waals surface area contributed by atoms with Gasteiger partial charge in [0.2, 0.25) is 0 Å². The van der Waals surface area contributed by atoms with Crippen LogP contribution in [0.15, 0.2) is 28.9 Å². The molecule has 2 rings (SSSR count). The molecule has 0 radical (unpaired) electrons. The molecule has 0 saturated heterocycles. The minimum Gasteiger partial charge on any atom is -0.461 e. The molecule has 0 aliphatic carbocycles. The van der Waals surface area contributed by atoms with Crippen LogP contribution in [-0.2, 0) is 4.74 Å². The molecule has 88 valence electrons. The van der Waals surface area contributed by atoms with Gasteiger partial charge in [-0.2, -0.15) is 0 Å². The fourth-order valence-electron chi connectivity index (χ4n) is 1.24. The van der Waals surface area contributed by atoms with E-state index in [0.29, 0.717) is 16.5 Å². The molecule has 0 aromatic carbocycles. The third-order valence-electron chi connectivity index (χ3n) is 1.97. The second-order valence-corrected chi connectivity index (χ2v) is 3.59. The molecule has 0 saturated carbocycles. The number of carbonyl (C=O) groups is 1. The Bertz CT molecular complexity index is 539. The first-order chi connectivity index (χ1) is 8.20. The summed E-state index contributed by atoms with van der Waals surface area (Å²) >= 11 is 5.82. The second kappa shape index (κ2) is 4.97. The number of pyridine rings is 1. The van der Waals surface area contributed by atoms with E-state index in [-0.39, 0.29) is 12.3 Å². The summed E-state index contributed by atoms with van der Waals surface area (Å²) in [5, 5.41) is 4.14. The van der Waals surface area contributed by atoms with Gasteiger partial charge in [-0.3, -0.25) is 4.98 Å². The van der Waals surface area contributed by atoms with Crippen molar-refractivity contribution in [2.24, 2.45) is 0 Å². The monoisotopic (exact) mass is 252 g/mol. The van der Waals surface area contributed by atoms with Gasteiger partial charge in [-0.15, -0.1) is 0 Å². The number of rotatable bonds is 3. The highest BCUT2D eigenvalue weighted by atomic mass is 35.5. The van der Waals surface area contributed by atoms with Crippen LogP contribution in [0, 0.1) is 0 Å². The molecular weight excluding hydrogens is 244 g/mol. The second-order valence-electron chi connectivity index (χ2n) is 3.16. The van der Waals surface area contributed by atoms with Gasteiger partial charge in [0.1, 0.15) is 5.69 Å². The van der Waals surface area contributed by atoms with E-state index in [1.165, 1.54) is 6.07 Å².